The molecule has 0 saturated heterocycles. The predicted octanol–water partition coefficient (Wildman–Crippen LogP) is 0.257. The van der Waals surface area contributed by atoms with Crippen LogP contribution >= 0.6 is 0 Å². The molecular formula is C29H31Cl2NOSiZr. The van der Waals surface area contributed by atoms with Crippen molar-refractivity contribution >= 4 is 25.8 Å². The summed E-state index contributed by atoms with van der Waals surface area (Å²) >= 11 is 0. The first kappa shape index (κ1) is 35.5. The van der Waals surface area contributed by atoms with E-state index in [0.29, 0.717) is 11.5 Å². The van der Waals surface area contributed by atoms with Crippen LogP contribution < -0.4 is 35.2 Å². The first-order chi connectivity index (χ1) is 15.3. The summed E-state index contributed by atoms with van der Waals surface area (Å²) in [5.41, 5.74) is 12.4. The Bertz CT molecular complexity index is 1050. The molecule has 0 aliphatic heterocycles. The molecule has 3 aromatic carbocycles. The van der Waals surface area contributed by atoms with Crippen LogP contribution in [0.3, 0.4) is 0 Å². The van der Waals surface area contributed by atoms with Gasteiger partial charge in [-0.15, -0.1) is 6.92 Å². The van der Waals surface area contributed by atoms with Gasteiger partial charge in [0.25, 0.3) is 0 Å². The molecular weight excluding hydrogens is 569 g/mol. The number of halogens is 2. The van der Waals surface area contributed by atoms with Gasteiger partial charge in [0.1, 0.15) is 9.52 Å². The van der Waals surface area contributed by atoms with Gasteiger partial charge < -0.3 is 35.3 Å². The summed E-state index contributed by atoms with van der Waals surface area (Å²) in [4.78, 5) is 10.5. The number of amides is 1. The molecule has 2 radical (unpaired) electrons. The molecule has 180 valence electrons. The van der Waals surface area contributed by atoms with E-state index >= 15 is 0 Å². The van der Waals surface area contributed by atoms with Crippen molar-refractivity contribution in [2.45, 2.75) is 34.6 Å². The number of rotatable bonds is 3. The van der Waals surface area contributed by atoms with Crippen LogP contribution in [0.2, 0.25) is 0 Å². The SMILES string of the molecule is CC1=[C-]C(C)C(C)=C1C.Cc1ccccc1C([NH-])=O.[Cl-].[Cl-].[Zr+4].c1ccc([Si]c2ccccc2)cc1. The summed E-state index contributed by atoms with van der Waals surface area (Å²) in [5.74, 6) is -0.0527. The third-order valence-corrected chi connectivity index (χ3v) is 6.71. The summed E-state index contributed by atoms with van der Waals surface area (Å²) in [5, 5.41) is 2.79. The van der Waals surface area contributed by atoms with Gasteiger partial charge in [-0.25, -0.2) is 5.57 Å². The van der Waals surface area contributed by atoms with Crippen molar-refractivity contribution in [3.05, 3.63) is 125 Å². The van der Waals surface area contributed by atoms with Gasteiger partial charge >= 0.3 is 26.2 Å². The van der Waals surface area contributed by atoms with Gasteiger partial charge in [-0.1, -0.05) is 122 Å². The first-order valence-electron chi connectivity index (χ1n) is 10.8. The maximum absolute atomic E-state index is 10.5. The molecule has 0 heterocycles. The normalized spacial score (nSPS) is 13.3. The van der Waals surface area contributed by atoms with Crippen LogP contribution in [0, 0.1) is 18.9 Å². The van der Waals surface area contributed by atoms with Gasteiger partial charge in [0.2, 0.25) is 0 Å². The molecule has 1 unspecified atom stereocenters. The Morgan fingerprint density at radius 1 is 0.771 bits per heavy atom. The molecule has 1 aliphatic carbocycles. The van der Waals surface area contributed by atoms with E-state index in [2.05, 4.69) is 94.4 Å². The summed E-state index contributed by atoms with van der Waals surface area (Å²) in [7, 11) is 0.777. The van der Waals surface area contributed by atoms with E-state index in [1.54, 1.807) is 12.1 Å². The fraction of sp³-hybridized carbons (Fsp3) is 0.207. The Hall–Kier alpha value is -1.71. The standard InChI is InChI=1S/C12H10Si.C9H13.C8H9NO.2ClH.Zr/c1-3-7-11(8-4-1)13-12-9-5-2-6-10-12;1-6-5-7(2)9(4)8(6)3;1-6-4-2-3-5-7(6)8(9)10;;;/h1-10H;6H,1-4H3;2-5H,1H3,(H2,9,10);2*1H;/q;-1;;;;+4/p-3. The van der Waals surface area contributed by atoms with Crippen molar-refractivity contribution in [2.24, 2.45) is 5.92 Å². The van der Waals surface area contributed by atoms with E-state index in [-0.39, 0.29) is 51.0 Å². The van der Waals surface area contributed by atoms with Crippen molar-refractivity contribution < 1.29 is 55.8 Å². The molecule has 0 bridgehead atoms. The van der Waals surface area contributed by atoms with Crippen LogP contribution in [-0.4, -0.2) is 15.4 Å². The Balaban J connectivity index is 0. The number of benzene rings is 3. The zero-order chi connectivity index (χ0) is 23.5. The number of hydrogen-bond acceptors (Lipinski definition) is 1. The van der Waals surface area contributed by atoms with Gasteiger partial charge in [0.15, 0.2) is 0 Å². The van der Waals surface area contributed by atoms with Gasteiger partial charge in [0, 0.05) is 5.56 Å². The molecule has 1 aliphatic rings. The largest absolute Gasteiger partial charge is 4.00 e. The number of nitrogens with one attached hydrogen (secondary N) is 1. The predicted molar refractivity (Wildman–Crippen MR) is 138 cm³/mol. The molecule has 0 fully saturated rings. The summed E-state index contributed by atoms with van der Waals surface area (Å²) in [6.45, 7) is 10.5. The zero-order valence-electron chi connectivity index (χ0n) is 20.8. The molecule has 4 rings (SSSR count). The van der Waals surface area contributed by atoms with Gasteiger partial charge in [-0.3, -0.25) is 6.08 Å². The van der Waals surface area contributed by atoms with Crippen LogP contribution in [0.15, 0.2) is 102 Å². The van der Waals surface area contributed by atoms with E-state index in [4.69, 9.17) is 5.73 Å². The Labute approximate surface area is 245 Å². The number of hydrogen-bond donors (Lipinski definition) is 0. The molecule has 1 atom stereocenters. The maximum atomic E-state index is 10.5. The van der Waals surface area contributed by atoms with Crippen LogP contribution in [0.25, 0.3) is 5.73 Å². The second kappa shape index (κ2) is 18.5. The van der Waals surface area contributed by atoms with Crippen molar-refractivity contribution in [3.63, 3.8) is 0 Å². The average Bonchev–Trinajstić information content (AvgIpc) is 3.01. The van der Waals surface area contributed by atoms with Crippen LogP contribution in [0.5, 0.6) is 0 Å². The smallest absolute Gasteiger partial charge is 1.00 e. The van der Waals surface area contributed by atoms with E-state index in [1.807, 2.05) is 19.1 Å². The molecule has 0 aromatic heterocycles. The van der Waals surface area contributed by atoms with E-state index in [9.17, 15) is 4.79 Å². The first-order valence-corrected chi connectivity index (χ1v) is 11.8. The van der Waals surface area contributed by atoms with Crippen molar-refractivity contribution in [1.82, 2.24) is 0 Å². The van der Waals surface area contributed by atoms with Crippen LogP contribution in [0.1, 0.15) is 43.6 Å². The van der Waals surface area contributed by atoms with Gasteiger partial charge in [-0.05, 0) is 12.5 Å². The third kappa shape index (κ3) is 12.2. The number of carbonyl (C=O) groups excluding carboxylic acids is 1. The minimum Gasteiger partial charge on any atom is -1.00 e. The second-order valence-electron chi connectivity index (χ2n) is 7.80. The van der Waals surface area contributed by atoms with Crippen molar-refractivity contribution in [1.29, 1.82) is 0 Å². The summed E-state index contributed by atoms with van der Waals surface area (Å²) in [6, 6.07) is 28.2. The van der Waals surface area contributed by atoms with Crippen molar-refractivity contribution in [2.75, 3.05) is 0 Å². The molecule has 0 saturated carbocycles. The van der Waals surface area contributed by atoms with Gasteiger partial charge in [-0.2, -0.15) is 11.1 Å². The average molecular weight is 600 g/mol. The van der Waals surface area contributed by atoms with E-state index < -0.39 is 5.91 Å². The Morgan fingerprint density at radius 3 is 1.49 bits per heavy atom. The molecule has 3 aromatic rings. The minimum atomic E-state index is -0.613. The zero-order valence-corrected chi connectivity index (χ0v) is 25.8. The number of allylic oxidation sites excluding steroid dienone is 4. The monoisotopic (exact) mass is 597 g/mol. The molecule has 0 spiro atoms. The van der Waals surface area contributed by atoms with Crippen LogP contribution in [-0.2, 0) is 26.2 Å². The summed E-state index contributed by atoms with van der Waals surface area (Å²) < 4.78 is 0. The van der Waals surface area contributed by atoms with E-state index in [0.717, 1.165) is 15.1 Å². The van der Waals surface area contributed by atoms with E-state index in [1.165, 1.54) is 27.1 Å². The molecule has 2 nitrogen and oxygen atoms in total. The number of aryl methyl sites for hydroxylation is 1. The quantitative estimate of drug-likeness (QED) is 0.315. The topological polar surface area (TPSA) is 40.9 Å². The third-order valence-electron chi connectivity index (χ3n) is 5.46. The Morgan fingerprint density at radius 2 is 1.20 bits per heavy atom. The Kier molecular flexibility index (Phi) is 18.8. The second-order valence-corrected chi connectivity index (χ2v) is 9.20. The molecule has 1 N–H and O–H groups in total. The molecule has 6 heteroatoms. The summed E-state index contributed by atoms with van der Waals surface area (Å²) in [6.07, 6.45) is 3.36. The van der Waals surface area contributed by atoms with Gasteiger partial charge in [0.05, 0.1) is 5.91 Å². The molecule has 1 amide bonds. The number of carbonyl (C=O) groups is 1. The fourth-order valence-electron chi connectivity index (χ4n) is 3.20. The van der Waals surface area contributed by atoms with Crippen molar-refractivity contribution in [3.8, 4) is 0 Å². The fourth-order valence-corrected chi connectivity index (χ4v) is 4.25. The minimum absolute atomic E-state index is 0. The van der Waals surface area contributed by atoms with Crippen LogP contribution in [0.4, 0.5) is 0 Å². The molecule has 35 heavy (non-hydrogen) atoms. The maximum Gasteiger partial charge on any atom is 4.00 e.